The zero-order valence-electron chi connectivity index (χ0n) is 14.6. The average molecular weight is 367 g/mol. The number of carbonyl (C=O) groups is 1. The lowest BCUT2D eigenvalue weighted by Crippen LogP contribution is -2.13. The van der Waals surface area contributed by atoms with E-state index in [0.717, 1.165) is 16.5 Å². The van der Waals surface area contributed by atoms with Gasteiger partial charge in [0.2, 0.25) is 5.78 Å². The number of hydrogen-bond donors (Lipinski definition) is 2. The topological polar surface area (TPSA) is 84.1 Å². The molecular weight excluding hydrogens is 348 g/mol. The SMILES string of the molecule is CN=C(C=C(C)N)C(=O)c1c[nH]c2ncc(Cc3cccc(Cl)c3)cc12. The summed E-state index contributed by atoms with van der Waals surface area (Å²) in [6.45, 7) is 1.72. The predicted octanol–water partition coefficient (Wildman–Crippen LogP) is 3.92. The molecule has 3 rings (SSSR count). The van der Waals surface area contributed by atoms with Crippen molar-refractivity contribution in [2.45, 2.75) is 13.3 Å². The molecule has 0 radical (unpaired) electrons. The first-order valence-electron chi connectivity index (χ1n) is 8.13. The first kappa shape index (κ1) is 17.9. The van der Waals surface area contributed by atoms with Crippen LogP contribution in [0.1, 0.15) is 28.4 Å². The van der Waals surface area contributed by atoms with Crippen LogP contribution in [0.25, 0.3) is 11.0 Å². The number of H-pyrrole nitrogens is 1. The molecule has 0 spiro atoms. The molecule has 0 aliphatic rings. The molecule has 26 heavy (non-hydrogen) atoms. The number of nitrogens with two attached hydrogens (primary N) is 1. The van der Waals surface area contributed by atoms with Crippen LogP contribution < -0.4 is 5.73 Å². The number of nitrogens with zero attached hydrogens (tertiary/aromatic N) is 2. The zero-order valence-corrected chi connectivity index (χ0v) is 15.3. The Bertz CT molecular complexity index is 1030. The fourth-order valence-electron chi connectivity index (χ4n) is 2.80. The third-order valence-electron chi connectivity index (χ3n) is 3.97. The number of hydrogen-bond acceptors (Lipinski definition) is 4. The van der Waals surface area contributed by atoms with E-state index in [4.69, 9.17) is 17.3 Å². The van der Waals surface area contributed by atoms with E-state index < -0.39 is 0 Å². The van der Waals surface area contributed by atoms with Gasteiger partial charge in [0.1, 0.15) is 11.4 Å². The van der Waals surface area contributed by atoms with Gasteiger partial charge < -0.3 is 10.7 Å². The highest BCUT2D eigenvalue weighted by molar-refractivity contribution is 6.51. The molecule has 0 bridgehead atoms. The second-order valence-corrected chi connectivity index (χ2v) is 6.51. The number of aromatic amines is 1. The van der Waals surface area contributed by atoms with Crippen LogP contribution in [0.4, 0.5) is 0 Å². The molecule has 1 aromatic carbocycles. The molecule has 5 nitrogen and oxygen atoms in total. The minimum atomic E-state index is -0.190. The lowest BCUT2D eigenvalue weighted by Gasteiger charge is -2.04. The Kier molecular flexibility index (Phi) is 5.19. The summed E-state index contributed by atoms with van der Waals surface area (Å²) in [4.78, 5) is 24.3. The summed E-state index contributed by atoms with van der Waals surface area (Å²) >= 11 is 6.05. The lowest BCUT2D eigenvalue weighted by atomic mass is 10.0. The van der Waals surface area contributed by atoms with Crippen LogP contribution in [0.2, 0.25) is 5.02 Å². The molecule has 0 amide bonds. The number of pyridine rings is 1. The Morgan fingerprint density at radius 1 is 1.35 bits per heavy atom. The van der Waals surface area contributed by atoms with Gasteiger partial charge in [-0.2, -0.15) is 0 Å². The number of halogens is 1. The standard InChI is InChI=1S/C20H19ClN4O/c1-12(22)6-18(23-2)19(26)17-11-25-20-16(17)9-14(10-24-20)7-13-4-3-5-15(21)8-13/h3-6,8-11H,7,22H2,1-2H3,(H,24,25). The van der Waals surface area contributed by atoms with Crippen molar-refractivity contribution in [2.75, 3.05) is 7.05 Å². The molecule has 0 saturated heterocycles. The molecule has 3 aromatic rings. The van der Waals surface area contributed by atoms with Crippen LogP contribution in [0, 0.1) is 0 Å². The maximum atomic E-state index is 12.8. The van der Waals surface area contributed by atoms with Crippen molar-refractivity contribution in [3.05, 3.63) is 76.2 Å². The van der Waals surface area contributed by atoms with Gasteiger partial charge in [0.15, 0.2) is 0 Å². The second-order valence-electron chi connectivity index (χ2n) is 6.08. The minimum absolute atomic E-state index is 0.190. The molecule has 0 aliphatic heterocycles. The summed E-state index contributed by atoms with van der Waals surface area (Å²) in [5.74, 6) is -0.190. The van der Waals surface area contributed by atoms with Gasteiger partial charge in [0.05, 0.1) is 5.56 Å². The van der Waals surface area contributed by atoms with Crippen LogP contribution in [0.15, 0.2) is 59.5 Å². The van der Waals surface area contributed by atoms with Crippen molar-refractivity contribution in [2.24, 2.45) is 10.7 Å². The summed E-state index contributed by atoms with van der Waals surface area (Å²) in [5.41, 5.74) is 9.79. The highest BCUT2D eigenvalue weighted by Crippen LogP contribution is 2.21. The quantitative estimate of drug-likeness (QED) is 0.530. The van der Waals surface area contributed by atoms with Crippen molar-refractivity contribution in [3.8, 4) is 0 Å². The third kappa shape index (κ3) is 3.83. The molecule has 0 fully saturated rings. The number of allylic oxidation sites excluding steroid dienone is 2. The summed E-state index contributed by atoms with van der Waals surface area (Å²) in [6.07, 6.45) is 5.71. The highest BCUT2D eigenvalue weighted by atomic mass is 35.5. The number of Topliss-reactive ketones (excluding diaryl/α,β-unsaturated/α-hetero) is 1. The van der Waals surface area contributed by atoms with Crippen molar-refractivity contribution in [3.63, 3.8) is 0 Å². The van der Waals surface area contributed by atoms with E-state index in [1.807, 2.05) is 30.3 Å². The number of ketones is 1. The molecule has 0 unspecified atom stereocenters. The molecule has 132 valence electrons. The van der Waals surface area contributed by atoms with Crippen molar-refractivity contribution < 1.29 is 4.79 Å². The molecule has 2 aromatic heterocycles. The van der Waals surface area contributed by atoms with E-state index in [0.29, 0.717) is 34.1 Å². The second kappa shape index (κ2) is 7.54. The minimum Gasteiger partial charge on any atom is -0.402 e. The molecule has 0 atom stereocenters. The zero-order chi connectivity index (χ0) is 18.7. The average Bonchev–Trinajstić information content (AvgIpc) is 3.02. The Morgan fingerprint density at radius 3 is 2.85 bits per heavy atom. The smallest absolute Gasteiger partial charge is 0.213 e. The Balaban J connectivity index is 1.98. The maximum Gasteiger partial charge on any atom is 0.213 e. The van der Waals surface area contributed by atoms with Crippen LogP contribution >= 0.6 is 11.6 Å². The van der Waals surface area contributed by atoms with Crippen LogP contribution in [-0.2, 0) is 6.42 Å². The van der Waals surface area contributed by atoms with Crippen molar-refractivity contribution in [1.82, 2.24) is 9.97 Å². The van der Waals surface area contributed by atoms with Gasteiger partial charge in [-0.3, -0.25) is 9.79 Å². The van der Waals surface area contributed by atoms with Gasteiger partial charge >= 0.3 is 0 Å². The molecule has 6 heteroatoms. The first-order chi connectivity index (χ1) is 12.5. The van der Waals surface area contributed by atoms with E-state index in [-0.39, 0.29) is 5.78 Å². The maximum absolute atomic E-state index is 12.8. The Hall–Kier alpha value is -2.92. The van der Waals surface area contributed by atoms with Crippen LogP contribution in [0.3, 0.4) is 0 Å². The van der Waals surface area contributed by atoms with Crippen molar-refractivity contribution >= 4 is 34.1 Å². The third-order valence-corrected chi connectivity index (χ3v) is 4.20. The molecule has 0 aliphatic carbocycles. The highest BCUT2D eigenvalue weighted by Gasteiger charge is 2.17. The van der Waals surface area contributed by atoms with Gasteiger partial charge in [-0.05, 0) is 48.7 Å². The molecule has 2 heterocycles. The number of aliphatic imine (C=N–C) groups is 1. The normalized spacial score (nSPS) is 12.6. The fourth-order valence-corrected chi connectivity index (χ4v) is 3.01. The summed E-state index contributed by atoms with van der Waals surface area (Å²) < 4.78 is 0. The first-order valence-corrected chi connectivity index (χ1v) is 8.51. The largest absolute Gasteiger partial charge is 0.402 e. The fraction of sp³-hybridized carbons (Fsp3) is 0.150. The number of aromatic nitrogens is 2. The molecule has 0 saturated carbocycles. The van der Waals surface area contributed by atoms with Gasteiger partial charge in [0, 0.05) is 35.5 Å². The molecular formula is C20H19ClN4O. The Labute approximate surface area is 156 Å². The number of benzene rings is 1. The Morgan fingerprint density at radius 2 is 2.15 bits per heavy atom. The number of nitrogens with one attached hydrogen (secondary N) is 1. The van der Waals surface area contributed by atoms with E-state index in [9.17, 15) is 4.79 Å². The van der Waals surface area contributed by atoms with E-state index in [2.05, 4.69) is 15.0 Å². The van der Waals surface area contributed by atoms with E-state index in [1.54, 1.807) is 32.4 Å². The van der Waals surface area contributed by atoms with Crippen LogP contribution in [-0.4, -0.2) is 28.5 Å². The van der Waals surface area contributed by atoms with Gasteiger partial charge in [-0.1, -0.05) is 23.7 Å². The van der Waals surface area contributed by atoms with Gasteiger partial charge in [0.25, 0.3) is 0 Å². The van der Waals surface area contributed by atoms with E-state index in [1.165, 1.54) is 0 Å². The number of rotatable bonds is 5. The van der Waals surface area contributed by atoms with Gasteiger partial charge in [-0.15, -0.1) is 0 Å². The number of fused-ring (bicyclic) bond motifs is 1. The van der Waals surface area contributed by atoms with E-state index >= 15 is 0 Å². The van der Waals surface area contributed by atoms with Crippen molar-refractivity contribution in [1.29, 1.82) is 0 Å². The predicted molar refractivity (Wildman–Crippen MR) is 106 cm³/mol. The monoisotopic (exact) mass is 366 g/mol. The molecule has 3 N–H and O–H groups in total. The van der Waals surface area contributed by atoms with Crippen LogP contribution in [0.5, 0.6) is 0 Å². The summed E-state index contributed by atoms with van der Waals surface area (Å²) in [7, 11) is 1.57. The lowest BCUT2D eigenvalue weighted by molar-refractivity contribution is 0.106. The summed E-state index contributed by atoms with van der Waals surface area (Å²) in [6, 6.07) is 9.66. The number of carbonyl (C=O) groups excluding carboxylic acids is 1. The summed E-state index contributed by atoms with van der Waals surface area (Å²) in [5, 5.41) is 1.46. The van der Waals surface area contributed by atoms with Gasteiger partial charge in [-0.25, -0.2) is 4.98 Å².